The molecule has 0 atom stereocenters. The van der Waals surface area contributed by atoms with Gasteiger partial charge in [-0.3, -0.25) is 4.79 Å². The molecule has 2 aromatic rings. The summed E-state index contributed by atoms with van der Waals surface area (Å²) < 4.78 is 2.16. The third-order valence-electron chi connectivity index (χ3n) is 4.49. The number of aromatic nitrogens is 4. The molecule has 1 aliphatic heterocycles. The number of rotatable bonds is 7. The number of aryl methyl sites for hydroxylation is 2. The van der Waals surface area contributed by atoms with E-state index in [1.54, 1.807) is 11.2 Å². The van der Waals surface area contributed by atoms with Crippen LogP contribution >= 0.6 is 0 Å². The first kappa shape index (κ1) is 17.2. The van der Waals surface area contributed by atoms with Crippen molar-refractivity contribution < 1.29 is 4.79 Å². The number of hydrogen-bond acceptors (Lipinski definition) is 6. The number of imidazole rings is 1. The summed E-state index contributed by atoms with van der Waals surface area (Å²) in [5, 5.41) is 3.34. The molecule has 3 heterocycles. The van der Waals surface area contributed by atoms with Crippen molar-refractivity contribution >= 4 is 17.5 Å². The maximum Gasteiger partial charge on any atom is 0.241 e. The van der Waals surface area contributed by atoms with E-state index in [1.807, 2.05) is 37.3 Å². The molecule has 0 radical (unpaired) electrons. The number of hydrogen-bond donors (Lipinski definition) is 1. The second-order valence-corrected chi connectivity index (χ2v) is 6.30. The van der Waals surface area contributed by atoms with Gasteiger partial charge in [-0.25, -0.2) is 15.0 Å². The molecule has 25 heavy (non-hydrogen) atoms. The van der Waals surface area contributed by atoms with Gasteiger partial charge in [0.05, 0.1) is 6.54 Å². The Morgan fingerprint density at radius 1 is 1.20 bits per heavy atom. The number of nitrogens with one attached hydrogen (secondary N) is 1. The fraction of sp³-hybridized carbons (Fsp3) is 0.529. The predicted molar refractivity (Wildman–Crippen MR) is 96.6 cm³/mol. The molecular formula is C17H25N7O. The van der Waals surface area contributed by atoms with Crippen molar-refractivity contribution in [3.63, 3.8) is 0 Å². The molecule has 134 valence electrons. The topological polar surface area (TPSA) is 79.2 Å². The van der Waals surface area contributed by atoms with Crippen molar-refractivity contribution in [2.75, 3.05) is 43.4 Å². The Morgan fingerprint density at radius 3 is 2.84 bits per heavy atom. The van der Waals surface area contributed by atoms with Crippen LogP contribution < -0.4 is 10.2 Å². The molecule has 1 aliphatic rings. The van der Waals surface area contributed by atoms with Gasteiger partial charge in [-0.05, 0) is 19.8 Å². The molecule has 1 saturated heterocycles. The maximum absolute atomic E-state index is 11.8. The number of piperazine rings is 1. The van der Waals surface area contributed by atoms with Crippen LogP contribution in [0.15, 0.2) is 24.8 Å². The van der Waals surface area contributed by atoms with Crippen LogP contribution in [0.5, 0.6) is 0 Å². The number of nitrogens with zero attached hydrogens (tertiary/aromatic N) is 6. The smallest absolute Gasteiger partial charge is 0.241 e. The molecule has 1 fully saturated rings. The largest absolute Gasteiger partial charge is 0.370 e. The summed E-state index contributed by atoms with van der Waals surface area (Å²) in [5.41, 5.74) is 0. The standard InChI is InChI=1S/C17H25N7O/c1-14-18-6-8-23(14)7-4-3-5-19-15-11-16(21-13-20-15)24-10-9-22(2)17(25)12-24/h6,8,11,13H,3-5,7,9-10,12H2,1-2H3,(H,19,20,21). The zero-order valence-electron chi connectivity index (χ0n) is 14.9. The molecule has 0 spiro atoms. The van der Waals surface area contributed by atoms with E-state index >= 15 is 0 Å². The van der Waals surface area contributed by atoms with Crippen molar-refractivity contribution in [3.05, 3.63) is 30.6 Å². The van der Waals surface area contributed by atoms with Gasteiger partial charge in [0.1, 0.15) is 23.8 Å². The number of likely N-dealkylation sites (N-methyl/N-ethyl adjacent to an activating group) is 1. The molecule has 0 aromatic carbocycles. The summed E-state index contributed by atoms with van der Waals surface area (Å²) in [5.74, 6) is 2.77. The van der Waals surface area contributed by atoms with Crippen LogP contribution in [0.3, 0.4) is 0 Å². The van der Waals surface area contributed by atoms with E-state index in [0.29, 0.717) is 6.54 Å². The lowest BCUT2D eigenvalue weighted by atomic mass is 10.3. The van der Waals surface area contributed by atoms with Crippen molar-refractivity contribution in [1.82, 2.24) is 24.4 Å². The molecule has 3 rings (SSSR count). The second kappa shape index (κ2) is 7.96. The molecular weight excluding hydrogens is 318 g/mol. The number of carbonyl (C=O) groups is 1. The highest BCUT2D eigenvalue weighted by atomic mass is 16.2. The highest BCUT2D eigenvalue weighted by molar-refractivity contribution is 5.82. The van der Waals surface area contributed by atoms with Gasteiger partial charge in [-0.15, -0.1) is 0 Å². The molecule has 0 saturated carbocycles. The van der Waals surface area contributed by atoms with Crippen LogP contribution in [0.4, 0.5) is 11.6 Å². The Bertz CT molecular complexity index is 715. The maximum atomic E-state index is 11.8. The molecule has 0 bridgehead atoms. The van der Waals surface area contributed by atoms with Gasteiger partial charge in [0.15, 0.2) is 0 Å². The zero-order valence-corrected chi connectivity index (χ0v) is 14.9. The highest BCUT2D eigenvalue weighted by Gasteiger charge is 2.22. The Balaban J connectivity index is 1.45. The fourth-order valence-electron chi connectivity index (χ4n) is 2.83. The van der Waals surface area contributed by atoms with Gasteiger partial charge >= 0.3 is 0 Å². The second-order valence-electron chi connectivity index (χ2n) is 6.30. The van der Waals surface area contributed by atoms with E-state index in [-0.39, 0.29) is 5.91 Å². The van der Waals surface area contributed by atoms with E-state index in [4.69, 9.17) is 0 Å². The first-order valence-electron chi connectivity index (χ1n) is 8.66. The van der Waals surface area contributed by atoms with E-state index < -0.39 is 0 Å². The minimum absolute atomic E-state index is 0.120. The van der Waals surface area contributed by atoms with Crippen molar-refractivity contribution in [2.24, 2.45) is 0 Å². The van der Waals surface area contributed by atoms with Crippen LogP contribution in [-0.2, 0) is 11.3 Å². The van der Waals surface area contributed by atoms with E-state index in [1.165, 1.54) is 0 Å². The summed E-state index contributed by atoms with van der Waals surface area (Å²) in [6.07, 6.45) is 7.52. The molecule has 0 aliphatic carbocycles. The molecule has 1 N–H and O–H groups in total. The van der Waals surface area contributed by atoms with Crippen LogP contribution in [0.1, 0.15) is 18.7 Å². The quantitative estimate of drug-likeness (QED) is 0.760. The van der Waals surface area contributed by atoms with Crippen LogP contribution in [0.2, 0.25) is 0 Å². The van der Waals surface area contributed by atoms with Gasteiger partial charge in [-0.1, -0.05) is 0 Å². The summed E-state index contributed by atoms with van der Waals surface area (Å²) in [6, 6.07) is 1.92. The fourth-order valence-corrected chi connectivity index (χ4v) is 2.83. The van der Waals surface area contributed by atoms with Gasteiger partial charge in [-0.2, -0.15) is 0 Å². The first-order chi connectivity index (χ1) is 12.1. The van der Waals surface area contributed by atoms with E-state index in [0.717, 1.165) is 56.5 Å². The minimum atomic E-state index is 0.120. The number of amides is 1. The predicted octanol–water partition coefficient (Wildman–Crippen LogP) is 1.15. The normalized spacial score (nSPS) is 14.9. The van der Waals surface area contributed by atoms with E-state index in [9.17, 15) is 4.79 Å². The lowest BCUT2D eigenvalue weighted by molar-refractivity contribution is -0.129. The van der Waals surface area contributed by atoms with E-state index in [2.05, 4.69) is 24.8 Å². The van der Waals surface area contributed by atoms with Crippen LogP contribution in [0, 0.1) is 6.92 Å². The number of carbonyl (C=O) groups excluding carboxylic acids is 1. The Labute approximate surface area is 147 Å². The molecule has 8 nitrogen and oxygen atoms in total. The monoisotopic (exact) mass is 343 g/mol. The highest BCUT2D eigenvalue weighted by Crippen LogP contribution is 2.16. The Morgan fingerprint density at radius 2 is 2.08 bits per heavy atom. The number of unbranched alkanes of at least 4 members (excludes halogenated alkanes) is 1. The summed E-state index contributed by atoms with van der Waals surface area (Å²) in [4.78, 5) is 28.4. The lowest BCUT2D eigenvalue weighted by Crippen LogP contribution is -2.48. The third-order valence-corrected chi connectivity index (χ3v) is 4.49. The zero-order chi connectivity index (χ0) is 17.6. The SMILES string of the molecule is Cc1nccn1CCCCNc1cc(N2CCN(C)C(=O)C2)ncn1. The van der Waals surface area contributed by atoms with Crippen LogP contribution in [0.25, 0.3) is 0 Å². The molecule has 1 amide bonds. The van der Waals surface area contributed by atoms with Crippen LogP contribution in [-0.4, -0.2) is 63.6 Å². The Kier molecular flexibility index (Phi) is 5.47. The van der Waals surface area contributed by atoms with Gasteiger partial charge in [0, 0.05) is 51.7 Å². The van der Waals surface area contributed by atoms with Gasteiger partial charge in [0.2, 0.25) is 5.91 Å². The van der Waals surface area contributed by atoms with Gasteiger partial charge < -0.3 is 19.7 Å². The number of anilines is 2. The lowest BCUT2D eigenvalue weighted by Gasteiger charge is -2.32. The minimum Gasteiger partial charge on any atom is -0.370 e. The van der Waals surface area contributed by atoms with Crippen molar-refractivity contribution in [3.8, 4) is 0 Å². The first-order valence-corrected chi connectivity index (χ1v) is 8.66. The average Bonchev–Trinajstić information content (AvgIpc) is 3.02. The molecule has 8 heteroatoms. The van der Waals surface area contributed by atoms with Crippen molar-refractivity contribution in [1.29, 1.82) is 0 Å². The molecule has 0 unspecified atom stereocenters. The molecule has 2 aromatic heterocycles. The Hall–Kier alpha value is -2.64. The average molecular weight is 343 g/mol. The summed E-state index contributed by atoms with van der Waals surface area (Å²) in [6.45, 7) is 5.74. The third kappa shape index (κ3) is 4.46. The van der Waals surface area contributed by atoms with Crippen molar-refractivity contribution in [2.45, 2.75) is 26.3 Å². The summed E-state index contributed by atoms with van der Waals surface area (Å²) >= 11 is 0. The van der Waals surface area contributed by atoms with Gasteiger partial charge in [0.25, 0.3) is 0 Å². The summed E-state index contributed by atoms with van der Waals surface area (Å²) in [7, 11) is 1.83.